The monoisotopic (exact) mass is 296 g/mol. The molecule has 2 aromatic heterocycles. The van der Waals surface area contributed by atoms with Crippen LogP contribution in [0.4, 0.5) is 11.5 Å². The number of imidazole rings is 1. The van der Waals surface area contributed by atoms with Gasteiger partial charge in [0.2, 0.25) is 0 Å². The minimum absolute atomic E-state index is 0.347. The van der Waals surface area contributed by atoms with E-state index in [2.05, 4.69) is 11.1 Å². The molecule has 0 fully saturated rings. The number of anilines is 2. The summed E-state index contributed by atoms with van der Waals surface area (Å²) in [5, 5.41) is 9.25. The van der Waals surface area contributed by atoms with Crippen molar-refractivity contribution in [1.29, 1.82) is 5.26 Å². The van der Waals surface area contributed by atoms with Crippen molar-refractivity contribution in [3.8, 4) is 6.07 Å². The second-order valence-corrected chi connectivity index (χ2v) is 4.90. The smallest absolute Gasteiger partial charge is 0.156 e. The van der Waals surface area contributed by atoms with Crippen molar-refractivity contribution in [3.63, 3.8) is 0 Å². The van der Waals surface area contributed by atoms with Crippen molar-refractivity contribution < 1.29 is 0 Å². The number of rotatable bonds is 3. The van der Waals surface area contributed by atoms with E-state index in [1.165, 1.54) is 0 Å². The Kier molecular flexibility index (Phi) is 3.51. The van der Waals surface area contributed by atoms with E-state index in [0.717, 1.165) is 22.8 Å². The predicted molar refractivity (Wildman–Crippen MR) is 84.0 cm³/mol. The topological polar surface area (TPSA) is 44.3 Å². The molecule has 0 aliphatic heterocycles. The summed E-state index contributed by atoms with van der Waals surface area (Å²) < 4.78 is 1.97. The van der Waals surface area contributed by atoms with Gasteiger partial charge in [-0.25, -0.2) is 4.98 Å². The number of para-hydroxylation sites is 1. The Bertz CT molecular complexity index is 832. The molecule has 0 unspecified atom stereocenters. The van der Waals surface area contributed by atoms with Crippen molar-refractivity contribution in [2.75, 3.05) is 11.9 Å². The van der Waals surface area contributed by atoms with Crippen LogP contribution in [0.15, 0.2) is 48.7 Å². The number of nitriles is 1. The Morgan fingerprint density at radius 1 is 1.24 bits per heavy atom. The second-order valence-electron chi connectivity index (χ2n) is 4.63. The maximum absolute atomic E-state index is 9.25. The Labute approximate surface area is 127 Å². The number of halogens is 1. The third-order valence-corrected chi connectivity index (χ3v) is 3.69. The Morgan fingerprint density at radius 2 is 2.00 bits per heavy atom. The van der Waals surface area contributed by atoms with Gasteiger partial charge in [-0.05, 0) is 24.3 Å². The average Bonchev–Trinajstić information content (AvgIpc) is 2.92. The highest BCUT2D eigenvalue weighted by Gasteiger charge is 2.17. The molecule has 0 saturated carbocycles. The van der Waals surface area contributed by atoms with Gasteiger partial charge in [0, 0.05) is 13.2 Å². The summed E-state index contributed by atoms with van der Waals surface area (Å²) in [4.78, 5) is 6.54. The largest absolute Gasteiger partial charge is 0.327 e. The van der Waals surface area contributed by atoms with Gasteiger partial charge in [-0.3, -0.25) is 0 Å². The first-order valence-corrected chi connectivity index (χ1v) is 7.04. The molecule has 0 atom stereocenters. The molecule has 0 aliphatic rings. The van der Waals surface area contributed by atoms with Crippen LogP contribution < -0.4 is 4.90 Å². The van der Waals surface area contributed by atoms with Gasteiger partial charge in [-0.1, -0.05) is 18.2 Å². The molecular weight excluding hydrogens is 284 g/mol. The highest BCUT2D eigenvalue weighted by atomic mass is 35.5. The quantitative estimate of drug-likeness (QED) is 0.692. The summed E-state index contributed by atoms with van der Waals surface area (Å²) in [6.45, 7) is 0. The molecular formula is C16H13ClN4. The molecule has 21 heavy (non-hydrogen) atoms. The van der Waals surface area contributed by atoms with Crippen LogP contribution in [0.3, 0.4) is 0 Å². The van der Waals surface area contributed by atoms with E-state index < -0.39 is 0 Å². The molecule has 2 heterocycles. The fraction of sp³-hybridized carbons (Fsp3) is 0.125. The lowest BCUT2D eigenvalue weighted by atomic mass is 10.2. The molecule has 5 heteroatoms. The van der Waals surface area contributed by atoms with Crippen molar-refractivity contribution in [3.05, 3.63) is 59.9 Å². The van der Waals surface area contributed by atoms with E-state index >= 15 is 0 Å². The van der Waals surface area contributed by atoms with Crippen molar-refractivity contribution in [2.24, 2.45) is 0 Å². The lowest BCUT2D eigenvalue weighted by molar-refractivity contribution is 1.06. The normalized spacial score (nSPS) is 10.5. The van der Waals surface area contributed by atoms with E-state index in [4.69, 9.17) is 11.6 Å². The minimum atomic E-state index is 0.347. The summed E-state index contributed by atoms with van der Waals surface area (Å²) in [5.41, 5.74) is 3.17. The molecule has 0 bridgehead atoms. The van der Waals surface area contributed by atoms with Gasteiger partial charge in [0.25, 0.3) is 0 Å². The molecule has 0 aliphatic carbocycles. The first-order valence-electron chi connectivity index (χ1n) is 6.51. The summed E-state index contributed by atoms with van der Waals surface area (Å²) in [7, 11) is 1.90. The van der Waals surface area contributed by atoms with Crippen LogP contribution in [0.25, 0.3) is 5.65 Å². The maximum atomic E-state index is 9.25. The van der Waals surface area contributed by atoms with Crippen LogP contribution >= 0.6 is 11.6 Å². The fourth-order valence-electron chi connectivity index (χ4n) is 2.40. The van der Waals surface area contributed by atoms with Crippen LogP contribution in [-0.4, -0.2) is 16.4 Å². The Balaban J connectivity index is 2.18. The maximum Gasteiger partial charge on any atom is 0.156 e. The predicted octanol–water partition coefficient (Wildman–Crippen LogP) is 3.71. The van der Waals surface area contributed by atoms with E-state index in [1.54, 1.807) is 6.07 Å². The molecule has 0 spiro atoms. The molecule has 1 aromatic carbocycles. The lowest BCUT2D eigenvalue weighted by Gasteiger charge is -2.19. The van der Waals surface area contributed by atoms with Gasteiger partial charge in [-0.15, -0.1) is 11.6 Å². The zero-order valence-corrected chi connectivity index (χ0v) is 12.2. The zero-order valence-electron chi connectivity index (χ0n) is 11.5. The van der Waals surface area contributed by atoms with Gasteiger partial charge in [0.1, 0.15) is 11.7 Å². The van der Waals surface area contributed by atoms with Crippen LogP contribution in [0.1, 0.15) is 11.3 Å². The molecule has 0 N–H and O–H groups in total. The third-order valence-electron chi connectivity index (χ3n) is 3.44. The van der Waals surface area contributed by atoms with E-state index in [1.807, 2.05) is 58.9 Å². The Morgan fingerprint density at radius 3 is 2.76 bits per heavy atom. The lowest BCUT2D eigenvalue weighted by Crippen LogP contribution is -2.13. The molecule has 0 radical (unpaired) electrons. The highest BCUT2D eigenvalue weighted by Crippen LogP contribution is 2.30. The Hall–Kier alpha value is -2.51. The number of aromatic nitrogens is 2. The van der Waals surface area contributed by atoms with Crippen LogP contribution in [0, 0.1) is 11.3 Å². The number of hydrogen-bond acceptors (Lipinski definition) is 3. The van der Waals surface area contributed by atoms with E-state index in [0.29, 0.717) is 11.4 Å². The standard InChI is InChI=1S/C16H13ClN4/c1-20(13-7-3-2-6-12(13)11-18)16-14(10-17)21-9-5-4-8-15(21)19-16/h2-9H,10H2,1H3. The molecule has 0 amide bonds. The first-order chi connectivity index (χ1) is 10.3. The van der Waals surface area contributed by atoms with Gasteiger partial charge >= 0.3 is 0 Å². The summed E-state index contributed by atoms with van der Waals surface area (Å²) in [6, 6.07) is 15.5. The van der Waals surface area contributed by atoms with Crippen LogP contribution in [-0.2, 0) is 5.88 Å². The first kappa shape index (κ1) is 13.5. The molecule has 0 saturated heterocycles. The van der Waals surface area contributed by atoms with Crippen molar-refractivity contribution in [2.45, 2.75) is 5.88 Å². The molecule has 3 rings (SSSR count). The number of hydrogen-bond donors (Lipinski definition) is 0. The molecule has 4 nitrogen and oxygen atoms in total. The second kappa shape index (κ2) is 5.47. The molecule has 104 valence electrons. The summed E-state index contributed by atoms with van der Waals surface area (Å²) in [5.74, 6) is 1.11. The minimum Gasteiger partial charge on any atom is -0.327 e. The molecule has 3 aromatic rings. The van der Waals surface area contributed by atoms with Gasteiger partial charge in [-0.2, -0.15) is 5.26 Å². The summed E-state index contributed by atoms with van der Waals surface area (Å²) >= 11 is 6.11. The summed E-state index contributed by atoms with van der Waals surface area (Å²) in [6.07, 6.45) is 1.94. The fourth-order valence-corrected chi connectivity index (χ4v) is 2.65. The number of pyridine rings is 1. The number of alkyl halides is 1. The van der Waals surface area contributed by atoms with Crippen LogP contribution in [0.2, 0.25) is 0 Å². The van der Waals surface area contributed by atoms with Crippen LogP contribution in [0.5, 0.6) is 0 Å². The van der Waals surface area contributed by atoms with Gasteiger partial charge in [0.15, 0.2) is 5.82 Å². The number of fused-ring (bicyclic) bond motifs is 1. The number of benzene rings is 1. The van der Waals surface area contributed by atoms with Crippen molar-refractivity contribution >= 4 is 28.8 Å². The van der Waals surface area contributed by atoms with E-state index in [-0.39, 0.29) is 0 Å². The average molecular weight is 297 g/mol. The van der Waals surface area contributed by atoms with Gasteiger partial charge < -0.3 is 9.30 Å². The third kappa shape index (κ3) is 2.22. The number of nitrogens with zero attached hydrogens (tertiary/aromatic N) is 4. The van der Waals surface area contributed by atoms with Crippen molar-refractivity contribution in [1.82, 2.24) is 9.38 Å². The SMILES string of the molecule is CN(c1ccccc1C#N)c1nc2ccccn2c1CCl. The zero-order chi connectivity index (χ0) is 14.8. The van der Waals surface area contributed by atoms with E-state index in [9.17, 15) is 5.26 Å². The highest BCUT2D eigenvalue weighted by molar-refractivity contribution is 6.17. The van der Waals surface area contributed by atoms with Gasteiger partial charge in [0.05, 0.1) is 22.8 Å².